The van der Waals surface area contributed by atoms with Crippen LogP contribution in [-0.2, 0) is 0 Å². The van der Waals surface area contributed by atoms with Crippen molar-refractivity contribution >= 4 is 43.9 Å². The molecule has 0 aliphatic carbocycles. The number of benzene rings is 7. The van der Waals surface area contributed by atoms with Gasteiger partial charge in [0.1, 0.15) is 28.7 Å². The van der Waals surface area contributed by atoms with Crippen LogP contribution in [0.25, 0.3) is 111 Å². The molecule has 0 spiro atoms. The smallest absolute Gasteiger partial charge is 0.160 e. The van der Waals surface area contributed by atoms with Crippen LogP contribution in [0.15, 0.2) is 191 Å². The van der Waals surface area contributed by atoms with E-state index in [1.54, 1.807) is 6.33 Å². The van der Waals surface area contributed by atoms with Gasteiger partial charge in [0.15, 0.2) is 5.82 Å². The highest BCUT2D eigenvalue weighted by Gasteiger charge is 2.19. The maximum Gasteiger partial charge on any atom is 0.160 e. The van der Waals surface area contributed by atoms with Gasteiger partial charge in [-0.1, -0.05) is 127 Å². The molecule has 6 nitrogen and oxygen atoms in total. The number of rotatable bonds is 6. The zero-order valence-corrected chi connectivity index (χ0v) is 29.9. The second-order valence-corrected chi connectivity index (χ2v) is 13.9. The van der Waals surface area contributed by atoms with E-state index in [-0.39, 0.29) is 0 Å². The third kappa shape index (κ3) is 5.43. The Morgan fingerprint density at radius 2 is 0.821 bits per heavy atom. The second kappa shape index (κ2) is 13.0. The fourth-order valence-electron chi connectivity index (χ4n) is 7.78. The number of nitrogens with zero attached hydrogens (tertiary/aromatic N) is 4. The van der Waals surface area contributed by atoms with E-state index in [4.69, 9.17) is 18.8 Å². The van der Waals surface area contributed by atoms with Gasteiger partial charge in [0.05, 0.1) is 11.4 Å². The molecule has 262 valence electrons. The number of hydrogen-bond acceptors (Lipinski definition) is 6. The Morgan fingerprint density at radius 3 is 1.41 bits per heavy atom. The summed E-state index contributed by atoms with van der Waals surface area (Å²) in [7, 11) is 0. The summed E-state index contributed by atoms with van der Waals surface area (Å²) >= 11 is 0. The normalized spacial score (nSPS) is 11.6. The van der Waals surface area contributed by atoms with E-state index < -0.39 is 0 Å². The van der Waals surface area contributed by atoms with Gasteiger partial charge in [0, 0.05) is 67.3 Å². The minimum atomic E-state index is 0.610. The van der Waals surface area contributed by atoms with E-state index in [0.29, 0.717) is 5.82 Å². The summed E-state index contributed by atoms with van der Waals surface area (Å²) in [6.07, 6.45) is 5.18. The van der Waals surface area contributed by atoms with Crippen LogP contribution < -0.4 is 0 Å². The van der Waals surface area contributed by atoms with Gasteiger partial charge in [-0.05, 0) is 53.1 Å². The molecule has 0 saturated heterocycles. The Hall–Kier alpha value is -7.70. The number of aromatic nitrogens is 4. The van der Waals surface area contributed by atoms with E-state index in [0.717, 1.165) is 105 Å². The maximum atomic E-state index is 6.58. The van der Waals surface area contributed by atoms with Crippen LogP contribution in [0.1, 0.15) is 0 Å². The minimum Gasteiger partial charge on any atom is -0.455 e. The first-order valence-electron chi connectivity index (χ1n) is 18.5. The zero-order chi connectivity index (χ0) is 37.0. The van der Waals surface area contributed by atoms with E-state index in [1.807, 2.05) is 54.9 Å². The van der Waals surface area contributed by atoms with Crippen molar-refractivity contribution in [1.82, 2.24) is 19.9 Å². The Bertz CT molecular complexity index is 3110. The predicted octanol–water partition coefficient (Wildman–Crippen LogP) is 13.1. The Balaban J connectivity index is 1.15. The lowest BCUT2D eigenvalue weighted by molar-refractivity contribution is 0.670. The quantitative estimate of drug-likeness (QED) is 0.170. The van der Waals surface area contributed by atoms with Crippen molar-refractivity contribution in [3.05, 3.63) is 183 Å². The molecule has 56 heavy (non-hydrogen) atoms. The standard InChI is InChI=1S/C50H30N4O2/c1-2-10-32(11-3-1)44-27-45(33-22-20-31(21-23-33)37-28-51-30-52-29-37)54-50(53-44)36-25-34(38-14-8-16-42-40-12-4-6-18-46(40)55-48(38)42)24-35(26-36)39-15-9-17-43-41-13-5-7-19-47(41)56-49(39)43/h1-30H. The van der Waals surface area contributed by atoms with Crippen LogP contribution in [0.3, 0.4) is 0 Å². The third-order valence-electron chi connectivity index (χ3n) is 10.5. The molecular weight excluding hydrogens is 689 g/mol. The number of para-hydroxylation sites is 4. The average molecular weight is 719 g/mol. The van der Waals surface area contributed by atoms with Crippen LogP contribution in [0.5, 0.6) is 0 Å². The van der Waals surface area contributed by atoms with Gasteiger partial charge >= 0.3 is 0 Å². The van der Waals surface area contributed by atoms with Crippen molar-refractivity contribution in [1.29, 1.82) is 0 Å². The van der Waals surface area contributed by atoms with Crippen LogP contribution in [0.4, 0.5) is 0 Å². The van der Waals surface area contributed by atoms with Crippen LogP contribution in [-0.4, -0.2) is 19.9 Å². The van der Waals surface area contributed by atoms with E-state index in [2.05, 4.69) is 131 Å². The lowest BCUT2D eigenvalue weighted by Crippen LogP contribution is -1.97. The molecule has 11 rings (SSSR count). The molecule has 0 amide bonds. The molecule has 4 aromatic heterocycles. The minimum absolute atomic E-state index is 0.610. The highest BCUT2D eigenvalue weighted by Crippen LogP contribution is 2.42. The van der Waals surface area contributed by atoms with Crippen molar-refractivity contribution < 1.29 is 8.83 Å². The first-order chi connectivity index (χ1) is 27.7. The summed E-state index contributed by atoms with van der Waals surface area (Å²) in [5, 5.41) is 4.31. The molecule has 4 heterocycles. The summed E-state index contributed by atoms with van der Waals surface area (Å²) in [4.78, 5) is 18.9. The average Bonchev–Trinajstić information content (AvgIpc) is 3.86. The van der Waals surface area contributed by atoms with Crippen LogP contribution in [0.2, 0.25) is 0 Å². The van der Waals surface area contributed by atoms with Gasteiger partial charge in [0.25, 0.3) is 0 Å². The zero-order valence-electron chi connectivity index (χ0n) is 29.9. The van der Waals surface area contributed by atoms with Crippen molar-refractivity contribution in [2.75, 3.05) is 0 Å². The van der Waals surface area contributed by atoms with Gasteiger partial charge in [-0.3, -0.25) is 0 Å². The molecule has 0 fully saturated rings. The number of fused-ring (bicyclic) bond motifs is 6. The van der Waals surface area contributed by atoms with E-state index in [9.17, 15) is 0 Å². The molecular formula is C50H30N4O2. The summed E-state index contributed by atoms with van der Waals surface area (Å²) in [6, 6.07) is 56.3. The van der Waals surface area contributed by atoms with Crippen molar-refractivity contribution in [3.63, 3.8) is 0 Å². The van der Waals surface area contributed by atoms with Crippen molar-refractivity contribution in [3.8, 4) is 67.3 Å². The van der Waals surface area contributed by atoms with Crippen molar-refractivity contribution in [2.24, 2.45) is 0 Å². The molecule has 0 aliphatic rings. The van der Waals surface area contributed by atoms with Gasteiger partial charge in [-0.2, -0.15) is 0 Å². The molecule has 0 atom stereocenters. The first kappa shape index (κ1) is 31.8. The molecule has 0 radical (unpaired) electrons. The Kier molecular flexibility index (Phi) is 7.38. The monoisotopic (exact) mass is 718 g/mol. The molecule has 0 bridgehead atoms. The van der Waals surface area contributed by atoms with Gasteiger partial charge in [-0.15, -0.1) is 0 Å². The van der Waals surface area contributed by atoms with Gasteiger partial charge in [0.2, 0.25) is 0 Å². The molecule has 11 aromatic rings. The lowest BCUT2D eigenvalue weighted by Gasteiger charge is -2.13. The first-order valence-corrected chi connectivity index (χ1v) is 18.5. The molecule has 0 saturated carbocycles. The predicted molar refractivity (Wildman–Crippen MR) is 225 cm³/mol. The molecule has 0 N–H and O–H groups in total. The topological polar surface area (TPSA) is 77.8 Å². The second-order valence-electron chi connectivity index (χ2n) is 13.9. The van der Waals surface area contributed by atoms with Crippen molar-refractivity contribution in [2.45, 2.75) is 0 Å². The van der Waals surface area contributed by atoms with Gasteiger partial charge < -0.3 is 8.83 Å². The van der Waals surface area contributed by atoms with Gasteiger partial charge in [-0.25, -0.2) is 19.9 Å². The molecule has 7 aromatic carbocycles. The largest absolute Gasteiger partial charge is 0.455 e. The molecule has 0 aliphatic heterocycles. The SMILES string of the molecule is c1ccc(-c2cc(-c3ccc(-c4cncnc4)cc3)nc(-c3cc(-c4cccc5c4oc4ccccc45)cc(-c4cccc5c4oc4ccccc45)c3)n2)cc1. The van der Waals surface area contributed by atoms with E-state index in [1.165, 1.54) is 0 Å². The Labute approximate surface area is 321 Å². The summed E-state index contributed by atoms with van der Waals surface area (Å²) < 4.78 is 13.2. The fourth-order valence-corrected chi connectivity index (χ4v) is 7.78. The number of furan rings is 2. The third-order valence-corrected chi connectivity index (χ3v) is 10.5. The van der Waals surface area contributed by atoms with Crippen LogP contribution in [0, 0.1) is 0 Å². The maximum absolute atomic E-state index is 6.58. The molecule has 0 unspecified atom stereocenters. The summed E-state index contributed by atoms with van der Waals surface area (Å²) in [6.45, 7) is 0. The number of hydrogen-bond donors (Lipinski definition) is 0. The summed E-state index contributed by atoms with van der Waals surface area (Å²) in [5.74, 6) is 0.610. The summed E-state index contributed by atoms with van der Waals surface area (Å²) in [5.41, 5.74) is 13.8. The highest BCUT2D eigenvalue weighted by atomic mass is 16.3. The lowest BCUT2D eigenvalue weighted by atomic mass is 9.93. The van der Waals surface area contributed by atoms with E-state index >= 15 is 0 Å². The Morgan fingerprint density at radius 1 is 0.339 bits per heavy atom. The molecule has 6 heteroatoms. The fraction of sp³-hybridized carbons (Fsp3) is 0. The highest BCUT2D eigenvalue weighted by molar-refractivity contribution is 6.11. The van der Waals surface area contributed by atoms with Crippen LogP contribution >= 0.6 is 0 Å².